The van der Waals surface area contributed by atoms with Crippen LogP contribution in [0.2, 0.25) is 0 Å². The number of hydrogen-bond acceptors (Lipinski definition) is 2. The van der Waals surface area contributed by atoms with Crippen LogP contribution >= 0.6 is 0 Å². The molecule has 1 N–H and O–H groups in total. The maximum Gasteiger partial charge on any atom is 0.242 e. The minimum absolute atomic E-state index is 0.0414. The molecule has 0 saturated heterocycles. The fourth-order valence-corrected chi connectivity index (χ4v) is 2.97. The zero-order valence-corrected chi connectivity index (χ0v) is 16.8. The number of nitrogens with zero attached hydrogens (tertiary/aromatic N) is 1. The molecule has 0 fully saturated rings. The first-order valence-corrected chi connectivity index (χ1v) is 9.59. The van der Waals surface area contributed by atoms with E-state index in [0.717, 1.165) is 23.1 Å². The fraction of sp³-hybridized carbons (Fsp3) is 0.391. The zero-order chi connectivity index (χ0) is 19.8. The third-order valence-electron chi connectivity index (χ3n) is 4.63. The van der Waals surface area contributed by atoms with Gasteiger partial charge in [0.05, 0.1) is 6.42 Å². The van der Waals surface area contributed by atoms with E-state index >= 15 is 0 Å². The average Bonchev–Trinajstić information content (AvgIpc) is 2.65. The molecule has 2 amide bonds. The van der Waals surface area contributed by atoms with Crippen LogP contribution in [0.15, 0.2) is 48.5 Å². The fourth-order valence-electron chi connectivity index (χ4n) is 2.97. The van der Waals surface area contributed by atoms with E-state index in [9.17, 15) is 9.59 Å². The first-order chi connectivity index (χ1) is 12.9. The Bertz CT molecular complexity index is 768. The molecule has 4 nitrogen and oxygen atoms in total. The van der Waals surface area contributed by atoms with Crippen molar-refractivity contribution >= 4 is 11.8 Å². The Kier molecular flexibility index (Phi) is 7.59. The van der Waals surface area contributed by atoms with Crippen molar-refractivity contribution in [1.82, 2.24) is 10.2 Å². The number of nitrogens with one attached hydrogen (secondary N) is 1. The molecule has 2 rings (SSSR count). The summed E-state index contributed by atoms with van der Waals surface area (Å²) in [6, 6.07) is 15.5. The van der Waals surface area contributed by atoms with Gasteiger partial charge in [0, 0.05) is 13.1 Å². The van der Waals surface area contributed by atoms with Gasteiger partial charge in [-0.05, 0) is 38.3 Å². The van der Waals surface area contributed by atoms with Crippen molar-refractivity contribution in [1.29, 1.82) is 0 Å². The van der Waals surface area contributed by atoms with E-state index < -0.39 is 6.04 Å². The molecule has 2 aromatic rings. The van der Waals surface area contributed by atoms with Crippen molar-refractivity contribution in [2.24, 2.45) is 0 Å². The maximum absolute atomic E-state index is 13.1. The smallest absolute Gasteiger partial charge is 0.242 e. The predicted molar refractivity (Wildman–Crippen MR) is 109 cm³/mol. The molecule has 0 aliphatic rings. The quantitative estimate of drug-likeness (QED) is 0.773. The van der Waals surface area contributed by atoms with Gasteiger partial charge in [-0.3, -0.25) is 9.59 Å². The van der Waals surface area contributed by atoms with Crippen molar-refractivity contribution in [2.75, 3.05) is 6.54 Å². The van der Waals surface area contributed by atoms with Crippen LogP contribution in [0.1, 0.15) is 42.5 Å². The van der Waals surface area contributed by atoms with Gasteiger partial charge in [-0.15, -0.1) is 0 Å². The predicted octanol–water partition coefficient (Wildman–Crippen LogP) is 3.79. The molecule has 0 spiro atoms. The summed E-state index contributed by atoms with van der Waals surface area (Å²) in [7, 11) is 0. The SMILES string of the molecule is CCCNC(=O)[C@@H](C)N(Cc1ccc(C)cc1)C(=O)Cc1cccc(C)c1. The molecule has 0 heterocycles. The highest BCUT2D eigenvalue weighted by atomic mass is 16.2. The summed E-state index contributed by atoms with van der Waals surface area (Å²) < 4.78 is 0. The third-order valence-corrected chi connectivity index (χ3v) is 4.63. The standard InChI is InChI=1S/C23H30N2O2/c1-5-13-24-23(27)19(4)25(16-20-11-9-17(2)10-12-20)22(26)15-21-8-6-7-18(3)14-21/h6-12,14,19H,5,13,15-16H2,1-4H3,(H,24,27)/t19-/m1/s1. The Morgan fingerprint density at radius 2 is 1.70 bits per heavy atom. The van der Waals surface area contributed by atoms with Crippen LogP contribution in [0, 0.1) is 13.8 Å². The zero-order valence-electron chi connectivity index (χ0n) is 16.8. The van der Waals surface area contributed by atoms with Crippen LogP contribution < -0.4 is 5.32 Å². The molecule has 0 saturated carbocycles. The largest absolute Gasteiger partial charge is 0.354 e. The van der Waals surface area contributed by atoms with Gasteiger partial charge in [0.2, 0.25) is 11.8 Å². The topological polar surface area (TPSA) is 49.4 Å². The maximum atomic E-state index is 13.1. The van der Waals surface area contributed by atoms with Crippen LogP contribution in [0.5, 0.6) is 0 Å². The van der Waals surface area contributed by atoms with Crippen LogP contribution in [0.3, 0.4) is 0 Å². The molecular formula is C23H30N2O2. The lowest BCUT2D eigenvalue weighted by atomic mass is 10.1. The van der Waals surface area contributed by atoms with E-state index in [0.29, 0.717) is 19.5 Å². The van der Waals surface area contributed by atoms with E-state index in [-0.39, 0.29) is 11.8 Å². The summed E-state index contributed by atoms with van der Waals surface area (Å²) in [4.78, 5) is 27.2. The van der Waals surface area contributed by atoms with Crippen LogP contribution in [0.4, 0.5) is 0 Å². The second-order valence-corrected chi connectivity index (χ2v) is 7.14. The number of benzene rings is 2. The van der Waals surface area contributed by atoms with Gasteiger partial charge in [0.1, 0.15) is 6.04 Å². The van der Waals surface area contributed by atoms with E-state index in [4.69, 9.17) is 0 Å². The summed E-state index contributed by atoms with van der Waals surface area (Å²) in [5.74, 6) is -0.151. The molecule has 0 aromatic heterocycles. The minimum Gasteiger partial charge on any atom is -0.354 e. The molecule has 27 heavy (non-hydrogen) atoms. The first kappa shape index (κ1) is 20.7. The Hall–Kier alpha value is -2.62. The lowest BCUT2D eigenvalue weighted by Crippen LogP contribution is -2.48. The summed E-state index contributed by atoms with van der Waals surface area (Å²) in [6.07, 6.45) is 1.16. The van der Waals surface area contributed by atoms with Gasteiger partial charge >= 0.3 is 0 Å². The molecule has 0 unspecified atom stereocenters. The Morgan fingerprint density at radius 1 is 1.00 bits per heavy atom. The number of amides is 2. The first-order valence-electron chi connectivity index (χ1n) is 9.59. The van der Waals surface area contributed by atoms with Crippen LogP contribution in [-0.4, -0.2) is 29.3 Å². The average molecular weight is 367 g/mol. The van der Waals surface area contributed by atoms with Crippen molar-refractivity contribution in [3.8, 4) is 0 Å². The van der Waals surface area contributed by atoms with Gasteiger partial charge in [-0.1, -0.05) is 66.6 Å². The molecule has 0 bridgehead atoms. The number of rotatable bonds is 8. The number of aryl methyl sites for hydroxylation is 2. The van der Waals surface area contributed by atoms with E-state index in [1.165, 1.54) is 5.56 Å². The number of hydrogen-bond donors (Lipinski definition) is 1. The molecule has 144 valence electrons. The Morgan fingerprint density at radius 3 is 2.33 bits per heavy atom. The molecule has 4 heteroatoms. The summed E-state index contributed by atoms with van der Waals surface area (Å²) in [6.45, 7) is 8.90. The molecule has 2 aromatic carbocycles. The Labute approximate surface area is 162 Å². The molecule has 0 aliphatic carbocycles. The van der Waals surface area contributed by atoms with Crippen molar-refractivity contribution < 1.29 is 9.59 Å². The highest BCUT2D eigenvalue weighted by Crippen LogP contribution is 2.14. The van der Waals surface area contributed by atoms with Crippen molar-refractivity contribution in [2.45, 2.75) is 53.1 Å². The highest BCUT2D eigenvalue weighted by molar-refractivity contribution is 5.88. The van der Waals surface area contributed by atoms with Gasteiger partial charge in [0.15, 0.2) is 0 Å². The van der Waals surface area contributed by atoms with E-state index in [1.54, 1.807) is 11.8 Å². The normalized spacial score (nSPS) is 11.7. The second kappa shape index (κ2) is 9.91. The summed E-state index contributed by atoms with van der Waals surface area (Å²) in [5, 5.41) is 2.90. The van der Waals surface area contributed by atoms with Crippen LogP contribution in [-0.2, 0) is 22.6 Å². The van der Waals surface area contributed by atoms with Crippen molar-refractivity contribution in [3.05, 3.63) is 70.8 Å². The molecule has 1 atom stereocenters. The third kappa shape index (κ3) is 6.24. The van der Waals surface area contributed by atoms with E-state index in [2.05, 4.69) is 5.32 Å². The van der Waals surface area contributed by atoms with E-state index in [1.807, 2.05) is 69.3 Å². The summed E-state index contributed by atoms with van der Waals surface area (Å²) >= 11 is 0. The van der Waals surface area contributed by atoms with Crippen molar-refractivity contribution in [3.63, 3.8) is 0 Å². The molecular weight excluding hydrogens is 336 g/mol. The Balaban J connectivity index is 2.20. The van der Waals surface area contributed by atoms with Gasteiger partial charge in [0.25, 0.3) is 0 Å². The number of carbonyl (C=O) groups is 2. The highest BCUT2D eigenvalue weighted by Gasteiger charge is 2.26. The second-order valence-electron chi connectivity index (χ2n) is 7.14. The molecule has 0 radical (unpaired) electrons. The number of carbonyl (C=O) groups excluding carboxylic acids is 2. The lowest BCUT2D eigenvalue weighted by molar-refractivity contribution is -0.140. The lowest BCUT2D eigenvalue weighted by Gasteiger charge is -2.29. The molecule has 0 aliphatic heterocycles. The van der Waals surface area contributed by atoms with Crippen LogP contribution in [0.25, 0.3) is 0 Å². The minimum atomic E-state index is -0.518. The summed E-state index contributed by atoms with van der Waals surface area (Å²) in [5.41, 5.74) is 4.28. The van der Waals surface area contributed by atoms with Gasteiger partial charge in [-0.25, -0.2) is 0 Å². The monoisotopic (exact) mass is 366 g/mol. The van der Waals surface area contributed by atoms with Gasteiger partial charge < -0.3 is 10.2 Å². The van der Waals surface area contributed by atoms with Gasteiger partial charge in [-0.2, -0.15) is 0 Å².